The molecule has 1 fully saturated rings. The molecule has 1 aliphatic heterocycles. The fourth-order valence-electron chi connectivity index (χ4n) is 3.07. The molecule has 19 heavy (non-hydrogen) atoms. The first-order valence-corrected chi connectivity index (χ1v) is 6.94. The van der Waals surface area contributed by atoms with Crippen molar-refractivity contribution < 1.29 is 5.11 Å². The van der Waals surface area contributed by atoms with Gasteiger partial charge in [0, 0.05) is 11.6 Å². The summed E-state index contributed by atoms with van der Waals surface area (Å²) in [6.07, 6.45) is 2.15. The third-order valence-electron chi connectivity index (χ3n) is 4.17. The molecule has 1 atom stereocenters. The van der Waals surface area contributed by atoms with Gasteiger partial charge in [0.25, 0.3) is 0 Å². The quantitative estimate of drug-likeness (QED) is 0.774. The molecule has 0 bridgehead atoms. The van der Waals surface area contributed by atoms with Crippen LogP contribution >= 0.6 is 0 Å². The van der Waals surface area contributed by atoms with E-state index in [0.29, 0.717) is 11.7 Å². The maximum Gasteiger partial charge on any atom is 0.120 e. The van der Waals surface area contributed by atoms with Crippen molar-refractivity contribution in [2.45, 2.75) is 18.9 Å². The van der Waals surface area contributed by atoms with Crippen molar-refractivity contribution in [3.8, 4) is 5.75 Å². The largest absolute Gasteiger partial charge is 0.508 e. The smallest absolute Gasteiger partial charge is 0.120 e. The predicted molar refractivity (Wildman–Crippen MR) is 78.1 cm³/mol. The Bertz CT molecular complexity index is 576. The predicted octanol–water partition coefficient (Wildman–Crippen LogP) is 2.54. The van der Waals surface area contributed by atoms with E-state index in [4.69, 9.17) is 5.73 Å². The van der Waals surface area contributed by atoms with Crippen molar-refractivity contribution in [3.05, 3.63) is 42.0 Å². The molecule has 1 heterocycles. The van der Waals surface area contributed by atoms with Crippen molar-refractivity contribution in [2.24, 2.45) is 11.7 Å². The lowest BCUT2D eigenvalue weighted by Crippen LogP contribution is -2.33. The molecule has 0 saturated carbocycles. The van der Waals surface area contributed by atoms with E-state index in [0.717, 1.165) is 42.3 Å². The zero-order valence-corrected chi connectivity index (χ0v) is 11.0. The Morgan fingerprint density at radius 2 is 1.84 bits per heavy atom. The molecule has 0 amide bonds. The maximum atomic E-state index is 10.2. The molecule has 3 heteroatoms. The second-order valence-corrected chi connectivity index (χ2v) is 5.33. The van der Waals surface area contributed by atoms with Gasteiger partial charge in [0.05, 0.1) is 0 Å². The van der Waals surface area contributed by atoms with Gasteiger partial charge in [-0.1, -0.05) is 30.3 Å². The third kappa shape index (κ3) is 2.31. The first-order valence-electron chi connectivity index (χ1n) is 6.94. The summed E-state index contributed by atoms with van der Waals surface area (Å²) in [6.45, 7) is 2.04. The van der Waals surface area contributed by atoms with E-state index in [-0.39, 0.29) is 6.04 Å². The number of fused-ring (bicyclic) bond motifs is 1. The van der Waals surface area contributed by atoms with Crippen LogP contribution < -0.4 is 11.1 Å². The van der Waals surface area contributed by atoms with E-state index in [1.807, 2.05) is 24.3 Å². The van der Waals surface area contributed by atoms with Crippen LogP contribution in [-0.2, 0) is 0 Å². The topological polar surface area (TPSA) is 58.3 Å². The Morgan fingerprint density at radius 3 is 2.63 bits per heavy atom. The molecule has 1 saturated heterocycles. The zero-order chi connectivity index (χ0) is 13.2. The molecule has 2 aromatic carbocycles. The Hall–Kier alpha value is -1.58. The summed E-state index contributed by atoms with van der Waals surface area (Å²) in [5.74, 6) is 0.766. The standard InChI is InChI=1S/C16H20N2O/c17-16(12-7-9-18-10-8-12)15-13-4-2-1-3-11(13)5-6-14(15)19/h1-6,12,16,18-19H,7-10,17H2. The van der Waals surface area contributed by atoms with E-state index >= 15 is 0 Å². The highest BCUT2D eigenvalue weighted by molar-refractivity contribution is 5.88. The molecule has 0 aliphatic carbocycles. The van der Waals surface area contributed by atoms with Gasteiger partial charge in [-0.3, -0.25) is 0 Å². The highest BCUT2D eigenvalue weighted by atomic mass is 16.3. The Morgan fingerprint density at radius 1 is 1.11 bits per heavy atom. The molecule has 0 spiro atoms. The van der Waals surface area contributed by atoms with Crippen LogP contribution in [0.25, 0.3) is 10.8 Å². The molecule has 0 aromatic heterocycles. The van der Waals surface area contributed by atoms with Gasteiger partial charge in [-0.25, -0.2) is 0 Å². The summed E-state index contributed by atoms with van der Waals surface area (Å²) >= 11 is 0. The molecule has 3 rings (SSSR count). The van der Waals surface area contributed by atoms with E-state index in [2.05, 4.69) is 11.4 Å². The molecular weight excluding hydrogens is 236 g/mol. The van der Waals surface area contributed by atoms with Crippen molar-refractivity contribution in [1.29, 1.82) is 0 Å². The summed E-state index contributed by atoms with van der Waals surface area (Å²) in [7, 11) is 0. The van der Waals surface area contributed by atoms with E-state index in [9.17, 15) is 5.11 Å². The van der Waals surface area contributed by atoms with Gasteiger partial charge in [0.2, 0.25) is 0 Å². The first-order chi connectivity index (χ1) is 9.27. The number of hydrogen-bond donors (Lipinski definition) is 3. The van der Waals surface area contributed by atoms with Crippen molar-refractivity contribution in [1.82, 2.24) is 5.32 Å². The van der Waals surface area contributed by atoms with Crippen LogP contribution in [0.3, 0.4) is 0 Å². The van der Waals surface area contributed by atoms with Crippen LogP contribution in [0.4, 0.5) is 0 Å². The van der Waals surface area contributed by atoms with Crippen molar-refractivity contribution in [3.63, 3.8) is 0 Å². The normalized spacial score (nSPS) is 18.6. The summed E-state index contributed by atoms with van der Waals surface area (Å²) < 4.78 is 0. The van der Waals surface area contributed by atoms with Crippen LogP contribution in [0.1, 0.15) is 24.4 Å². The maximum absolute atomic E-state index is 10.2. The number of nitrogens with one attached hydrogen (secondary N) is 1. The van der Waals surface area contributed by atoms with Gasteiger partial charge in [-0.15, -0.1) is 0 Å². The lowest BCUT2D eigenvalue weighted by Gasteiger charge is -2.29. The number of benzene rings is 2. The molecule has 0 radical (unpaired) electrons. The highest BCUT2D eigenvalue weighted by Crippen LogP contribution is 2.36. The molecule has 3 nitrogen and oxygen atoms in total. The minimum absolute atomic E-state index is 0.0896. The lowest BCUT2D eigenvalue weighted by atomic mass is 9.84. The van der Waals surface area contributed by atoms with Crippen LogP contribution in [-0.4, -0.2) is 18.2 Å². The number of piperidine rings is 1. The number of phenols is 1. The van der Waals surface area contributed by atoms with Crippen LogP contribution in [0, 0.1) is 5.92 Å². The molecule has 2 aromatic rings. The van der Waals surface area contributed by atoms with Gasteiger partial charge in [0.1, 0.15) is 5.75 Å². The van der Waals surface area contributed by atoms with Gasteiger partial charge in [-0.05, 0) is 48.7 Å². The summed E-state index contributed by atoms with van der Waals surface area (Å²) in [5, 5.41) is 15.8. The number of hydrogen-bond acceptors (Lipinski definition) is 3. The fourth-order valence-corrected chi connectivity index (χ4v) is 3.07. The molecule has 100 valence electrons. The van der Waals surface area contributed by atoms with Crippen LogP contribution in [0.5, 0.6) is 5.75 Å². The number of aromatic hydroxyl groups is 1. The van der Waals surface area contributed by atoms with Gasteiger partial charge < -0.3 is 16.2 Å². The average molecular weight is 256 g/mol. The SMILES string of the molecule is NC(c1c(O)ccc2ccccc12)C1CCNCC1. The van der Waals surface area contributed by atoms with E-state index in [1.54, 1.807) is 6.07 Å². The second-order valence-electron chi connectivity index (χ2n) is 5.33. The number of rotatable bonds is 2. The van der Waals surface area contributed by atoms with Crippen LogP contribution in [0.15, 0.2) is 36.4 Å². The van der Waals surface area contributed by atoms with Crippen molar-refractivity contribution in [2.75, 3.05) is 13.1 Å². The van der Waals surface area contributed by atoms with E-state index in [1.165, 1.54) is 0 Å². The van der Waals surface area contributed by atoms with E-state index < -0.39 is 0 Å². The van der Waals surface area contributed by atoms with Crippen LogP contribution in [0.2, 0.25) is 0 Å². The minimum Gasteiger partial charge on any atom is -0.508 e. The number of phenolic OH excluding ortho intramolecular Hbond substituents is 1. The summed E-state index contributed by atoms with van der Waals surface area (Å²) in [6, 6.07) is 11.7. The highest BCUT2D eigenvalue weighted by Gasteiger charge is 2.25. The van der Waals surface area contributed by atoms with Gasteiger partial charge in [0.15, 0.2) is 0 Å². The average Bonchev–Trinajstić information content (AvgIpc) is 2.47. The molecule has 4 N–H and O–H groups in total. The fraction of sp³-hybridized carbons (Fsp3) is 0.375. The zero-order valence-electron chi connectivity index (χ0n) is 11.0. The number of nitrogens with two attached hydrogens (primary N) is 1. The molecule has 1 aliphatic rings. The van der Waals surface area contributed by atoms with Gasteiger partial charge >= 0.3 is 0 Å². The third-order valence-corrected chi connectivity index (χ3v) is 4.17. The Kier molecular flexibility index (Phi) is 3.40. The monoisotopic (exact) mass is 256 g/mol. The first kappa shape index (κ1) is 12.5. The Labute approximate surface area is 113 Å². The van der Waals surface area contributed by atoms with Crippen molar-refractivity contribution >= 4 is 10.8 Å². The molecular formula is C16H20N2O. The summed E-state index contributed by atoms with van der Waals surface area (Å²) in [5.41, 5.74) is 7.36. The molecule has 1 unspecified atom stereocenters. The summed E-state index contributed by atoms with van der Waals surface area (Å²) in [4.78, 5) is 0. The minimum atomic E-state index is -0.0896. The lowest BCUT2D eigenvalue weighted by molar-refractivity contribution is 0.317. The van der Waals surface area contributed by atoms with Gasteiger partial charge in [-0.2, -0.15) is 0 Å². The Balaban J connectivity index is 2.05. The second kappa shape index (κ2) is 5.19.